The van der Waals surface area contributed by atoms with E-state index in [1.165, 1.54) is 0 Å². The Morgan fingerprint density at radius 3 is 2.73 bits per heavy atom. The minimum Gasteiger partial charge on any atom is -0.347 e. The number of aromatic nitrogens is 2. The van der Waals surface area contributed by atoms with E-state index in [1.807, 2.05) is 13.8 Å². The van der Waals surface area contributed by atoms with Gasteiger partial charge in [0.25, 0.3) is 11.8 Å². The van der Waals surface area contributed by atoms with Crippen LogP contribution in [0.15, 0.2) is 48.7 Å². The molecule has 1 aromatic carbocycles. The highest BCUT2D eigenvalue weighted by Crippen LogP contribution is 2.18. The quantitative estimate of drug-likeness (QED) is 0.717. The lowest BCUT2D eigenvalue weighted by molar-refractivity contribution is 0.0928. The fourth-order valence-corrected chi connectivity index (χ4v) is 2.70. The molecule has 2 N–H and O–H groups in total. The van der Waals surface area contributed by atoms with Crippen LogP contribution in [0.25, 0.3) is 5.52 Å². The van der Waals surface area contributed by atoms with Gasteiger partial charge in [-0.15, -0.1) is 0 Å². The van der Waals surface area contributed by atoms with Gasteiger partial charge < -0.3 is 10.6 Å². The summed E-state index contributed by atoms with van der Waals surface area (Å²) >= 11 is 5.95. The predicted octanol–water partition coefficient (Wildman–Crippen LogP) is 3.77. The van der Waals surface area contributed by atoms with E-state index in [2.05, 4.69) is 15.6 Å². The molecule has 0 spiro atoms. The second-order valence-electron chi connectivity index (χ2n) is 5.99. The van der Waals surface area contributed by atoms with Crippen LogP contribution >= 0.6 is 11.6 Å². The molecule has 3 rings (SSSR count). The molecule has 2 amide bonds. The Morgan fingerprint density at radius 1 is 1.19 bits per heavy atom. The first-order valence-corrected chi connectivity index (χ1v) is 8.72. The Kier molecular flexibility index (Phi) is 5.23. The molecule has 6 nitrogen and oxygen atoms in total. The number of pyridine rings is 1. The summed E-state index contributed by atoms with van der Waals surface area (Å²) in [5.74, 6) is -0.543. The molecule has 134 valence electrons. The number of nitrogens with zero attached hydrogens (tertiary/aromatic N) is 2. The first kappa shape index (κ1) is 17.9. The Morgan fingerprint density at radius 2 is 2.00 bits per heavy atom. The van der Waals surface area contributed by atoms with Crippen LogP contribution < -0.4 is 10.6 Å². The van der Waals surface area contributed by atoms with Crippen LogP contribution in [-0.2, 0) is 0 Å². The molecule has 0 bridgehead atoms. The summed E-state index contributed by atoms with van der Waals surface area (Å²) in [6, 6.07) is 12.2. The van der Waals surface area contributed by atoms with Crippen molar-refractivity contribution in [3.8, 4) is 0 Å². The van der Waals surface area contributed by atoms with Crippen molar-refractivity contribution in [2.24, 2.45) is 0 Å². The monoisotopic (exact) mass is 370 g/mol. The van der Waals surface area contributed by atoms with Gasteiger partial charge in [-0.3, -0.25) is 14.0 Å². The standard InChI is InChI=1S/C19H19ClN4O2/c1-3-12(2)21-19(26)17-23-16(15-9-4-5-10-24(15)17)18(25)22-14-8-6-7-13(20)11-14/h4-12H,3H2,1-2H3,(H,21,26)(H,22,25). The minimum absolute atomic E-state index is 0.0160. The number of hydrogen-bond donors (Lipinski definition) is 2. The van der Waals surface area contributed by atoms with Crippen LogP contribution in [0.4, 0.5) is 5.69 Å². The van der Waals surface area contributed by atoms with Gasteiger partial charge in [0.05, 0.1) is 5.52 Å². The highest BCUT2D eigenvalue weighted by Gasteiger charge is 2.22. The van der Waals surface area contributed by atoms with Crippen LogP contribution in [-0.4, -0.2) is 27.2 Å². The molecule has 2 heterocycles. The van der Waals surface area contributed by atoms with Gasteiger partial charge in [0.2, 0.25) is 5.82 Å². The van der Waals surface area contributed by atoms with Gasteiger partial charge in [0, 0.05) is 22.9 Å². The van der Waals surface area contributed by atoms with Gasteiger partial charge in [0.1, 0.15) is 0 Å². The smallest absolute Gasteiger partial charge is 0.287 e. The van der Waals surface area contributed by atoms with E-state index < -0.39 is 5.91 Å². The number of rotatable bonds is 5. The van der Waals surface area contributed by atoms with Gasteiger partial charge in [-0.25, -0.2) is 4.98 Å². The molecule has 0 saturated heterocycles. The zero-order valence-electron chi connectivity index (χ0n) is 14.5. The van der Waals surface area contributed by atoms with Crippen LogP contribution in [0.5, 0.6) is 0 Å². The van der Waals surface area contributed by atoms with Crippen molar-refractivity contribution >= 4 is 34.6 Å². The second kappa shape index (κ2) is 7.58. The summed E-state index contributed by atoms with van der Waals surface area (Å²) < 4.78 is 1.62. The van der Waals surface area contributed by atoms with E-state index in [1.54, 1.807) is 53.1 Å². The first-order chi connectivity index (χ1) is 12.5. The minimum atomic E-state index is -0.404. The highest BCUT2D eigenvalue weighted by molar-refractivity contribution is 6.31. The third kappa shape index (κ3) is 3.70. The first-order valence-electron chi connectivity index (χ1n) is 8.34. The van der Waals surface area contributed by atoms with Crippen LogP contribution in [0.1, 0.15) is 41.4 Å². The number of nitrogens with one attached hydrogen (secondary N) is 2. The Balaban J connectivity index is 1.96. The zero-order chi connectivity index (χ0) is 18.7. The Bertz CT molecular complexity index is 967. The van der Waals surface area contributed by atoms with Crippen LogP contribution in [0.2, 0.25) is 5.02 Å². The number of amides is 2. The van der Waals surface area contributed by atoms with E-state index in [-0.39, 0.29) is 23.5 Å². The summed E-state index contributed by atoms with van der Waals surface area (Å²) in [7, 11) is 0. The molecule has 0 fully saturated rings. The lowest BCUT2D eigenvalue weighted by Gasteiger charge is -2.10. The zero-order valence-corrected chi connectivity index (χ0v) is 15.2. The second-order valence-corrected chi connectivity index (χ2v) is 6.42. The van der Waals surface area contributed by atoms with E-state index in [0.29, 0.717) is 16.2 Å². The van der Waals surface area contributed by atoms with Gasteiger partial charge >= 0.3 is 0 Å². The topological polar surface area (TPSA) is 75.5 Å². The molecule has 1 unspecified atom stereocenters. The number of hydrogen-bond acceptors (Lipinski definition) is 3. The summed E-state index contributed by atoms with van der Waals surface area (Å²) in [4.78, 5) is 29.5. The van der Waals surface area contributed by atoms with Crippen molar-refractivity contribution < 1.29 is 9.59 Å². The maximum Gasteiger partial charge on any atom is 0.287 e. The van der Waals surface area contributed by atoms with Gasteiger partial charge in [0.15, 0.2) is 5.69 Å². The van der Waals surface area contributed by atoms with Gasteiger partial charge in [-0.2, -0.15) is 0 Å². The Hall–Kier alpha value is -2.86. The number of benzene rings is 1. The highest BCUT2D eigenvalue weighted by atomic mass is 35.5. The van der Waals surface area contributed by atoms with E-state index in [9.17, 15) is 9.59 Å². The Labute approximate surface area is 156 Å². The molecular formula is C19H19ClN4O2. The predicted molar refractivity (Wildman–Crippen MR) is 102 cm³/mol. The van der Waals surface area contributed by atoms with Crippen molar-refractivity contribution in [2.45, 2.75) is 26.3 Å². The summed E-state index contributed by atoms with van der Waals surface area (Å²) in [5, 5.41) is 6.16. The summed E-state index contributed by atoms with van der Waals surface area (Å²) in [5.41, 5.74) is 1.30. The largest absolute Gasteiger partial charge is 0.347 e. The number of halogens is 1. The van der Waals surface area contributed by atoms with Crippen molar-refractivity contribution in [1.29, 1.82) is 0 Å². The SMILES string of the molecule is CCC(C)NC(=O)c1nc(C(=O)Nc2cccc(Cl)c2)c2ccccn12. The third-order valence-electron chi connectivity index (χ3n) is 4.04. The number of carbonyl (C=O) groups excluding carboxylic acids is 2. The number of anilines is 1. The lowest BCUT2D eigenvalue weighted by Crippen LogP contribution is -2.33. The molecular weight excluding hydrogens is 352 g/mol. The van der Waals surface area contributed by atoms with E-state index in [4.69, 9.17) is 11.6 Å². The number of imidazole rings is 1. The molecule has 0 radical (unpaired) electrons. The molecule has 3 aromatic rings. The average molecular weight is 371 g/mol. The molecule has 1 atom stereocenters. The van der Waals surface area contributed by atoms with Gasteiger partial charge in [-0.05, 0) is 43.7 Å². The van der Waals surface area contributed by atoms with Crippen molar-refractivity contribution in [3.63, 3.8) is 0 Å². The number of carbonyl (C=O) groups is 2. The maximum atomic E-state index is 12.7. The third-order valence-corrected chi connectivity index (χ3v) is 4.27. The van der Waals surface area contributed by atoms with Crippen molar-refractivity contribution in [2.75, 3.05) is 5.32 Å². The van der Waals surface area contributed by atoms with E-state index >= 15 is 0 Å². The maximum absolute atomic E-state index is 12.7. The van der Waals surface area contributed by atoms with Gasteiger partial charge in [-0.1, -0.05) is 30.7 Å². The fourth-order valence-electron chi connectivity index (χ4n) is 2.51. The molecule has 0 aliphatic heterocycles. The molecule has 0 aliphatic carbocycles. The van der Waals surface area contributed by atoms with Crippen LogP contribution in [0.3, 0.4) is 0 Å². The molecule has 7 heteroatoms. The molecule has 26 heavy (non-hydrogen) atoms. The summed E-state index contributed by atoms with van der Waals surface area (Å²) in [6.45, 7) is 3.90. The van der Waals surface area contributed by atoms with Crippen molar-refractivity contribution in [1.82, 2.24) is 14.7 Å². The molecule has 0 aliphatic rings. The van der Waals surface area contributed by atoms with Crippen molar-refractivity contribution in [3.05, 3.63) is 65.2 Å². The average Bonchev–Trinajstić information content (AvgIpc) is 3.01. The molecule has 2 aromatic heterocycles. The summed E-state index contributed by atoms with van der Waals surface area (Å²) in [6.07, 6.45) is 2.52. The normalized spacial score (nSPS) is 12.0. The lowest BCUT2D eigenvalue weighted by atomic mass is 10.2. The molecule has 0 saturated carbocycles. The fraction of sp³-hybridized carbons (Fsp3) is 0.211. The van der Waals surface area contributed by atoms with Crippen LogP contribution in [0, 0.1) is 0 Å². The van der Waals surface area contributed by atoms with E-state index in [0.717, 1.165) is 6.42 Å². The number of fused-ring (bicyclic) bond motifs is 1.